The summed E-state index contributed by atoms with van der Waals surface area (Å²) in [5, 5.41) is 0. The molecule has 0 aliphatic rings. The third kappa shape index (κ3) is 9.64. The van der Waals surface area contributed by atoms with Gasteiger partial charge in [0.05, 0.1) is 6.61 Å². The highest BCUT2D eigenvalue weighted by Crippen LogP contribution is 1.81. The summed E-state index contributed by atoms with van der Waals surface area (Å²) in [5.41, 5.74) is 0. The van der Waals surface area contributed by atoms with Crippen molar-refractivity contribution in [2.75, 3.05) is 6.61 Å². The molecule has 8 heavy (non-hydrogen) atoms. The Morgan fingerprint density at radius 1 is 1.62 bits per heavy atom. The molecule has 0 rings (SSSR count). The van der Waals surface area contributed by atoms with Crippen LogP contribution >= 0.6 is 0 Å². The van der Waals surface area contributed by atoms with E-state index in [1.165, 1.54) is 6.92 Å². The molecular weight excluding hydrogens is 147 g/mol. The SMILES string of the molecule is CCOS(=O)(=O)O.[AlH3]. The Morgan fingerprint density at radius 2 is 2.00 bits per heavy atom. The minimum absolute atomic E-state index is 0. The first-order valence-corrected chi connectivity index (χ1v) is 3.04. The van der Waals surface area contributed by atoms with Gasteiger partial charge in [-0.15, -0.1) is 0 Å². The minimum Gasteiger partial charge on any atom is -0.264 e. The molecule has 0 aromatic heterocycles. The monoisotopic (exact) mass is 156 g/mol. The van der Waals surface area contributed by atoms with Crippen molar-refractivity contribution < 1.29 is 17.2 Å². The summed E-state index contributed by atoms with van der Waals surface area (Å²) in [6, 6.07) is 0. The fourth-order valence-electron chi connectivity index (χ4n) is 0.149. The van der Waals surface area contributed by atoms with Crippen molar-refractivity contribution in [3.8, 4) is 0 Å². The lowest BCUT2D eigenvalue weighted by Crippen LogP contribution is -2.01. The minimum atomic E-state index is -4.17. The van der Waals surface area contributed by atoms with Crippen LogP contribution in [0.3, 0.4) is 0 Å². The van der Waals surface area contributed by atoms with Crippen LogP contribution in [0.15, 0.2) is 0 Å². The lowest BCUT2D eigenvalue weighted by molar-refractivity contribution is 0.283. The first-order chi connectivity index (χ1) is 3.06. The lowest BCUT2D eigenvalue weighted by Gasteiger charge is -1.88. The lowest BCUT2D eigenvalue weighted by atomic mass is 10.9. The molecule has 0 aromatic carbocycles. The van der Waals surface area contributed by atoms with Crippen LogP contribution in [0.5, 0.6) is 0 Å². The van der Waals surface area contributed by atoms with Crippen LogP contribution in [0, 0.1) is 0 Å². The molecule has 0 saturated heterocycles. The Morgan fingerprint density at radius 3 is 2.00 bits per heavy atom. The van der Waals surface area contributed by atoms with Crippen molar-refractivity contribution in [3.63, 3.8) is 0 Å². The van der Waals surface area contributed by atoms with Crippen LogP contribution in [-0.2, 0) is 14.6 Å². The third-order valence-corrected chi connectivity index (χ3v) is 0.800. The van der Waals surface area contributed by atoms with Crippen molar-refractivity contribution in [3.05, 3.63) is 0 Å². The molecule has 0 heterocycles. The zero-order valence-corrected chi connectivity index (χ0v) is 4.60. The van der Waals surface area contributed by atoms with Crippen LogP contribution < -0.4 is 0 Å². The predicted octanol–water partition coefficient (Wildman–Crippen LogP) is -1.36. The van der Waals surface area contributed by atoms with E-state index in [2.05, 4.69) is 4.18 Å². The van der Waals surface area contributed by atoms with Crippen molar-refractivity contribution in [1.29, 1.82) is 0 Å². The zero-order chi connectivity index (χ0) is 5.91. The van der Waals surface area contributed by atoms with E-state index < -0.39 is 10.4 Å². The normalized spacial score (nSPS) is 10.2. The van der Waals surface area contributed by atoms with Gasteiger partial charge in [-0.05, 0) is 6.92 Å². The van der Waals surface area contributed by atoms with E-state index >= 15 is 0 Å². The Bertz CT molecular complexity index is 127. The van der Waals surface area contributed by atoms with Crippen LogP contribution in [-0.4, -0.2) is 36.9 Å². The van der Waals surface area contributed by atoms with Crippen molar-refractivity contribution in [1.82, 2.24) is 0 Å². The average Bonchev–Trinajstić information content (AvgIpc) is 1.30. The highest BCUT2D eigenvalue weighted by atomic mass is 32.3. The van der Waals surface area contributed by atoms with Gasteiger partial charge >= 0.3 is 10.4 Å². The smallest absolute Gasteiger partial charge is 0.264 e. The quantitative estimate of drug-likeness (QED) is 0.396. The topological polar surface area (TPSA) is 63.6 Å². The largest absolute Gasteiger partial charge is 0.397 e. The van der Waals surface area contributed by atoms with Crippen molar-refractivity contribution in [2.45, 2.75) is 6.92 Å². The molecule has 0 saturated carbocycles. The maximum Gasteiger partial charge on any atom is 0.397 e. The predicted molar refractivity (Wildman–Crippen MR) is 33.1 cm³/mol. The molecule has 0 unspecified atom stereocenters. The molecule has 0 aliphatic heterocycles. The van der Waals surface area contributed by atoms with Gasteiger partial charge in [-0.1, -0.05) is 0 Å². The summed E-state index contributed by atoms with van der Waals surface area (Å²) in [6.07, 6.45) is 0. The molecule has 0 radical (unpaired) electrons. The first kappa shape index (κ1) is 11.2. The molecule has 0 fully saturated rings. The molecule has 0 aliphatic carbocycles. The molecule has 0 amide bonds. The Labute approximate surface area is 58.9 Å². The maximum absolute atomic E-state index is 9.56. The molecule has 4 nitrogen and oxygen atoms in total. The van der Waals surface area contributed by atoms with Crippen LogP contribution in [0.4, 0.5) is 0 Å². The van der Waals surface area contributed by atoms with Crippen LogP contribution in [0.25, 0.3) is 0 Å². The average molecular weight is 156 g/mol. The summed E-state index contributed by atoms with van der Waals surface area (Å²) >= 11 is 0. The van der Waals surface area contributed by atoms with E-state index in [0.29, 0.717) is 0 Å². The van der Waals surface area contributed by atoms with Gasteiger partial charge < -0.3 is 0 Å². The van der Waals surface area contributed by atoms with E-state index in [9.17, 15) is 8.42 Å². The maximum atomic E-state index is 9.56. The molecule has 0 spiro atoms. The standard InChI is InChI=1S/C2H6O4S.Al.3H/c1-2-6-7(3,4)5;;;;/h2H2,1H3,(H,3,4,5);;;;. The molecule has 50 valence electrons. The second-order valence-electron chi connectivity index (χ2n) is 0.834. The van der Waals surface area contributed by atoms with Gasteiger partial charge in [0.15, 0.2) is 17.4 Å². The highest BCUT2D eigenvalue weighted by Gasteiger charge is 1.98. The van der Waals surface area contributed by atoms with Crippen LogP contribution in [0.1, 0.15) is 6.92 Å². The summed E-state index contributed by atoms with van der Waals surface area (Å²) in [6.45, 7) is 1.44. The summed E-state index contributed by atoms with van der Waals surface area (Å²) in [7, 11) is -4.17. The van der Waals surface area contributed by atoms with Crippen LogP contribution in [0.2, 0.25) is 0 Å². The molecule has 6 heteroatoms. The van der Waals surface area contributed by atoms with E-state index in [-0.39, 0.29) is 24.0 Å². The van der Waals surface area contributed by atoms with E-state index in [4.69, 9.17) is 4.55 Å². The van der Waals surface area contributed by atoms with Gasteiger partial charge in [0, 0.05) is 0 Å². The first-order valence-electron chi connectivity index (χ1n) is 1.68. The molecular formula is C2H9AlO4S. The third-order valence-electron chi connectivity index (χ3n) is 0.267. The molecule has 0 bridgehead atoms. The van der Waals surface area contributed by atoms with Gasteiger partial charge in [-0.25, -0.2) is 4.18 Å². The zero-order valence-electron chi connectivity index (χ0n) is 3.79. The van der Waals surface area contributed by atoms with Gasteiger partial charge in [0.25, 0.3) is 0 Å². The molecule has 0 aromatic rings. The summed E-state index contributed by atoms with van der Waals surface area (Å²) in [5.74, 6) is 0. The van der Waals surface area contributed by atoms with E-state index in [1.54, 1.807) is 0 Å². The van der Waals surface area contributed by atoms with Gasteiger partial charge in [0.2, 0.25) is 0 Å². The Balaban J connectivity index is 0. The fourth-order valence-corrected chi connectivity index (χ4v) is 0.447. The molecule has 1 N–H and O–H groups in total. The number of hydrogen-bond donors (Lipinski definition) is 1. The Kier molecular flexibility index (Phi) is 6.03. The second-order valence-corrected chi connectivity index (χ2v) is 1.93. The summed E-state index contributed by atoms with van der Waals surface area (Å²) < 4.78 is 30.7. The fraction of sp³-hybridized carbons (Fsp3) is 1.00. The van der Waals surface area contributed by atoms with Crippen molar-refractivity contribution >= 4 is 27.8 Å². The number of rotatable bonds is 2. The number of hydrogen-bond acceptors (Lipinski definition) is 3. The van der Waals surface area contributed by atoms with Gasteiger partial charge in [0.1, 0.15) is 0 Å². The highest BCUT2D eigenvalue weighted by molar-refractivity contribution is 7.80. The van der Waals surface area contributed by atoms with Gasteiger partial charge in [-0.3, -0.25) is 4.55 Å². The van der Waals surface area contributed by atoms with E-state index in [0.717, 1.165) is 0 Å². The summed E-state index contributed by atoms with van der Waals surface area (Å²) in [4.78, 5) is 0. The molecule has 0 atom stereocenters. The Hall–Kier alpha value is 0.402. The second kappa shape index (κ2) is 4.30. The van der Waals surface area contributed by atoms with E-state index in [1.807, 2.05) is 0 Å². The van der Waals surface area contributed by atoms with Crippen molar-refractivity contribution in [2.24, 2.45) is 0 Å². The van der Waals surface area contributed by atoms with Gasteiger partial charge in [-0.2, -0.15) is 8.42 Å².